The number of hydrogen-bond donors (Lipinski definition) is 0. The topological polar surface area (TPSA) is 48.0 Å². The molecule has 4 aromatic heterocycles. The van der Waals surface area contributed by atoms with Crippen molar-refractivity contribution >= 4 is 39.2 Å². The highest BCUT2D eigenvalue weighted by atomic mass is 32.2. The van der Waals surface area contributed by atoms with E-state index in [4.69, 9.17) is 0 Å². The summed E-state index contributed by atoms with van der Waals surface area (Å²) in [5, 5.41) is 0.486. The SMILES string of the molecule is CCSc1cnc2sc(C(F)(F)F)c(-c3nc4ccc(C(F)(F)F)nc4n3C)n12. The summed E-state index contributed by atoms with van der Waals surface area (Å²) in [7, 11) is 1.34. The van der Waals surface area contributed by atoms with Gasteiger partial charge in [0.2, 0.25) is 0 Å². The molecule has 29 heavy (non-hydrogen) atoms. The zero-order valence-electron chi connectivity index (χ0n) is 14.8. The Morgan fingerprint density at radius 1 is 1.07 bits per heavy atom. The lowest BCUT2D eigenvalue weighted by Crippen LogP contribution is -2.09. The van der Waals surface area contributed by atoms with Gasteiger partial charge in [0, 0.05) is 7.05 Å². The molecule has 4 heterocycles. The number of fused-ring (bicyclic) bond motifs is 2. The van der Waals surface area contributed by atoms with E-state index in [0.29, 0.717) is 22.1 Å². The smallest absolute Gasteiger partial charge is 0.311 e. The molecule has 13 heteroatoms. The third-order valence-electron chi connectivity index (χ3n) is 4.10. The van der Waals surface area contributed by atoms with Gasteiger partial charge in [0.25, 0.3) is 0 Å². The minimum absolute atomic E-state index is 0.0628. The molecule has 0 fully saturated rings. The van der Waals surface area contributed by atoms with Crippen LogP contribution >= 0.6 is 23.1 Å². The third-order valence-corrected chi connectivity index (χ3v) is 6.07. The second kappa shape index (κ2) is 6.62. The molecule has 0 bridgehead atoms. The lowest BCUT2D eigenvalue weighted by atomic mass is 10.3. The number of thioether (sulfide) groups is 1. The van der Waals surface area contributed by atoms with Gasteiger partial charge in [-0.05, 0) is 17.9 Å². The molecular weight excluding hydrogens is 440 g/mol. The van der Waals surface area contributed by atoms with Crippen LogP contribution in [0.2, 0.25) is 0 Å². The quantitative estimate of drug-likeness (QED) is 0.305. The van der Waals surface area contributed by atoms with E-state index >= 15 is 0 Å². The predicted molar refractivity (Wildman–Crippen MR) is 97.0 cm³/mol. The maximum Gasteiger partial charge on any atom is 0.433 e. The first-order valence-electron chi connectivity index (χ1n) is 8.13. The average molecular weight is 451 g/mol. The number of aryl methyl sites for hydroxylation is 1. The van der Waals surface area contributed by atoms with E-state index in [0.717, 1.165) is 16.7 Å². The molecule has 4 rings (SSSR count). The van der Waals surface area contributed by atoms with Crippen LogP contribution in [0.15, 0.2) is 23.4 Å². The Morgan fingerprint density at radius 3 is 2.41 bits per heavy atom. The number of thiazole rings is 1. The molecule has 0 aromatic carbocycles. The molecule has 0 saturated carbocycles. The molecule has 4 aromatic rings. The number of aromatic nitrogens is 5. The van der Waals surface area contributed by atoms with Gasteiger partial charge < -0.3 is 4.57 Å². The van der Waals surface area contributed by atoms with E-state index in [2.05, 4.69) is 15.0 Å². The molecule has 0 amide bonds. The normalized spacial score (nSPS) is 13.1. The molecule has 5 nitrogen and oxygen atoms in total. The highest BCUT2D eigenvalue weighted by Crippen LogP contribution is 2.44. The molecule has 0 unspecified atom stereocenters. The molecular formula is C16H11F6N5S2. The molecule has 0 spiro atoms. The lowest BCUT2D eigenvalue weighted by Gasteiger charge is -2.09. The van der Waals surface area contributed by atoms with Crippen LogP contribution in [-0.4, -0.2) is 29.7 Å². The van der Waals surface area contributed by atoms with E-state index in [1.165, 1.54) is 29.4 Å². The van der Waals surface area contributed by atoms with Crippen molar-refractivity contribution in [1.82, 2.24) is 23.9 Å². The Kier molecular flexibility index (Phi) is 4.57. The summed E-state index contributed by atoms with van der Waals surface area (Å²) in [4.78, 5) is 11.0. The molecule has 0 atom stereocenters. The zero-order valence-corrected chi connectivity index (χ0v) is 16.4. The number of pyridine rings is 1. The van der Waals surface area contributed by atoms with Gasteiger partial charge in [-0.15, -0.1) is 11.8 Å². The van der Waals surface area contributed by atoms with Crippen molar-refractivity contribution in [1.29, 1.82) is 0 Å². The fraction of sp³-hybridized carbons (Fsp3) is 0.312. The Labute approximate surface area is 167 Å². The van der Waals surface area contributed by atoms with E-state index in [9.17, 15) is 26.3 Å². The van der Waals surface area contributed by atoms with Gasteiger partial charge in [-0.1, -0.05) is 18.3 Å². The van der Waals surface area contributed by atoms with Gasteiger partial charge >= 0.3 is 12.4 Å². The van der Waals surface area contributed by atoms with Gasteiger partial charge in [0.15, 0.2) is 16.4 Å². The summed E-state index contributed by atoms with van der Waals surface area (Å²) >= 11 is 1.76. The van der Waals surface area contributed by atoms with Crippen LogP contribution in [0.5, 0.6) is 0 Å². The van der Waals surface area contributed by atoms with Crippen LogP contribution in [0.3, 0.4) is 0 Å². The Morgan fingerprint density at radius 2 is 1.79 bits per heavy atom. The first-order chi connectivity index (χ1) is 13.5. The highest BCUT2D eigenvalue weighted by molar-refractivity contribution is 7.99. The lowest BCUT2D eigenvalue weighted by molar-refractivity contribution is -0.141. The van der Waals surface area contributed by atoms with Crippen LogP contribution in [0.25, 0.3) is 27.6 Å². The van der Waals surface area contributed by atoms with E-state index in [1.807, 2.05) is 6.92 Å². The monoisotopic (exact) mass is 451 g/mol. The van der Waals surface area contributed by atoms with Crippen molar-refractivity contribution in [2.45, 2.75) is 24.3 Å². The van der Waals surface area contributed by atoms with Crippen molar-refractivity contribution in [3.8, 4) is 11.5 Å². The largest absolute Gasteiger partial charge is 0.433 e. The highest BCUT2D eigenvalue weighted by Gasteiger charge is 2.40. The van der Waals surface area contributed by atoms with E-state index in [-0.39, 0.29) is 27.6 Å². The number of imidazole rings is 2. The second-order valence-corrected chi connectivity index (χ2v) is 8.22. The van der Waals surface area contributed by atoms with Crippen molar-refractivity contribution in [2.24, 2.45) is 7.05 Å². The molecule has 0 aliphatic heterocycles. The van der Waals surface area contributed by atoms with Crippen LogP contribution in [0.4, 0.5) is 26.3 Å². The standard InChI is InChI=1S/C16H11F6N5S2/c1-3-28-9-6-23-14-27(9)10(11(29-14)16(20,21)22)13-24-7-4-5-8(15(17,18)19)25-12(7)26(13)2/h4-6H,3H2,1-2H3. The minimum Gasteiger partial charge on any atom is -0.311 e. The number of alkyl halides is 6. The maximum atomic E-state index is 13.7. The number of halogens is 6. The van der Waals surface area contributed by atoms with Crippen molar-refractivity contribution in [3.63, 3.8) is 0 Å². The fourth-order valence-corrected chi connectivity index (χ4v) is 4.67. The molecule has 0 aliphatic rings. The van der Waals surface area contributed by atoms with E-state index < -0.39 is 22.9 Å². The number of nitrogens with zero attached hydrogens (tertiary/aromatic N) is 5. The van der Waals surface area contributed by atoms with Gasteiger partial charge in [-0.25, -0.2) is 15.0 Å². The average Bonchev–Trinajstić information content (AvgIpc) is 3.27. The predicted octanol–water partition coefficient (Wildman–Crippen LogP) is 5.49. The fourth-order valence-electron chi connectivity index (χ4n) is 2.92. The van der Waals surface area contributed by atoms with Crippen molar-refractivity contribution in [2.75, 3.05) is 5.75 Å². The summed E-state index contributed by atoms with van der Waals surface area (Å²) in [5.74, 6) is 0.463. The molecule has 0 radical (unpaired) electrons. The zero-order chi connectivity index (χ0) is 21.1. The Hall–Kier alpha value is -2.28. The second-order valence-electron chi connectivity index (χ2n) is 5.96. The van der Waals surface area contributed by atoms with Crippen molar-refractivity contribution < 1.29 is 26.3 Å². The van der Waals surface area contributed by atoms with Crippen LogP contribution < -0.4 is 0 Å². The van der Waals surface area contributed by atoms with E-state index in [1.54, 1.807) is 0 Å². The number of rotatable bonds is 3. The van der Waals surface area contributed by atoms with Crippen molar-refractivity contribution in [3.05, 3.63) is 28.9 Å². The Bertz CT molecular complexity index is 1220. The summed E-state index contributed by atoms with van der Waals surface area (Å²) in [6, 6.07) is 1.85. The maximum absolute atomic E-state index is 13.7. The molecule has 0 N–H and O–H groups in total. The van der Waals surface area contributed by atoms with Crippen LogP contribution in [0, 0.1) is 0 Å². The minimum atomic E-state index is -4.68. The van der Waals surface area contributed by atoms with Crippen LogP contribution in [0.1, 0.15) is 17.5 Å². The summed E-state index contributed by atoms with van der Waals surface area (Å²) in [6.45, 7) is 1.85. The summed E-state index contributed by atoms with van der Waals surface area (Å²) < 4.78 is 82.7. The van der Waals surface area contributed by atoms with Gasteiger partial charge in [-0.3, -0.25) is 4.40 Å². The van der Waals surface area contributed by atoms with Gasteiger partial charge in [0.1, 0.15) is 26.8 Å². The third kappa shape index (κ3) is 3.25. The molecule has 154 valence electrons. The molecule has 0 saturated heterocycles. The first kappa shape index (κ1) is 20.0. The van der Waals surface area contributed by atoms with Crippen LogP contribution in [-0.2, 0) is 19.4 Å². The Balaban J connectivity index is 2.04. The number of hydrogen-bond acceptors (Lipinski definition) is 5. The van der Waals surface area contributed by atoms with Gasteiger partial charge in [-0.2, -0.15) is 26.3 Å². The first-order valence-corrected chi connectivity index (χ1v) is 9.93. The molecule has 0 aliphatic carbocycles. The van der Waals surface area contributed by atoms with Gasteiger partial charge in [0.05, 0.1) is 6.20 Å². The summed E-state index contributed by atoms with van der Waals surface area (Å²) in [6.07, 6.45) is -7.90. The summed E-state index contributed by atoms with van der Waals surface area (Å²) in [5.41, 5.74) is -1.50.